The molecule has 0 spiro atoms. The van der Waals surface area contributed by atoms with Gasteiger partial charge < -0.3 is 10.6 Å². The maximum absolute atomic E-state index is 13.7. The summed E-state index contributed by atoms with van der Waals surface area (Å²) in [5, 5.41) is 16.7. The molecule has 0 unspecified atom stereocenters. The Hall–Kier alpha value is -2.63. The lowest BCUT2D eigenvalue weighted by molar-refractivity contribution is -0.383. The first-order valence-electron chi connectivity index (χ1n) is 6.01. The fourth-order valence-corrected chi connectivity index (χ4v) is 1.92. The molecule has 2 rings (SSSR count). The monoisotopic (exact) mass is 275 g/mol. The highest BCUT2D eigenvalue weighted by atomic mass is 19.1. The van der Waals surface area contributed by atoms with Crippen molar-refractivity contribution in [3.8, 4) is 0 Å². The van der Waals surface area contributed by atoms with Crippen LogP contribution < -0.4 is 10.6 Å². The van der Waals surface area contributed by atoms with Crippen molar-refractivity contribution in [2.24, 2.45) is 0 Å². The van der Waals surface area contributed by atoms with Crippen molar-refractivity contribution < 1.29 is 9.31 Å². The highest BCUT2D eigenvalue weighted by Gasteiger charge is 2.19. The maximum Gasteiger partial charge on any atom is 0.315 e. The molecule has 104 valence electrons. The van der Waals surface area contributed by atoms with Crippen molar-refractivity contribution in [1.82, 2.24) is 0 Å². The third-order valence-corrected chi connectivity index (χ3v) is 2.88. The van der Waals surface area contributed by atoms with Crippen molar-refractivity contribution in [1.29, 1.82) is 0 Å². The molecule has 5 nitrogen and oxygen atoms in total. The SMILES string of the molecule is CNc1cccc(Nc2cc(C)ccc2F)c1[N+](=O)[O-]. The second-order valence-electron chi connectivity index (χ2n) is 4.32. The average Bonchev–Trinajstić information content (AvgIpc) is 2.42. The van der Waals surface area contributed by atoms with Gasteiger partial charge in [0.25, 0.3) is 0 Å². The zero-order valence-electron chi connectivity index (χ0n) is 11.1. The molecular weight excluding hydrogens is 261 g/mol. The lowest BCUT2D eigenvalue weighted by atomic mass is 10.2. The Morgan fingerprint density at radius 1 is 1.15 bits per heavy atom. The molecule has 0 aromatic heterocycles. The standard InChI is InChI=1S/C14H14FN3O2/c1-9-6-7-10(15)13(8-9)17-12-5-3-4-11(16-2)14(12)18(19)20/h3-8,16-17H,1-2H3. The molecule has 0 amide bonds. The summed E-state index contributed by atoms with van der Waals surface area (Å²) in [7, 11) is 1.60. The van der Waals surface area contributed by atoms with Gasteiger partial charge in [-0.3, -0.25) is 10.1 Å². The van der Waals surface area contributed by atoms with E-state index in [1.165, 1.54) is 6.07 Å². The Labute approximate surface area is 115 Å². The molecule has 0 aliphatic carbocycles. The van der Waals surface area contributed by atoms with Crippen LogP contribution in [0.25, 0.3) is 0 Å². The number of rotatable bonds is 4. The van der Waals surface area contributed by atoms with Gasteiger partial charge >= 0.3 is 5.69 Å². The van der Waals surface area contributed by atoms with Crippen LogP contribution in [0.5, 0.6) is 0 Å². The van der Waals surface area contributed by atoms with E-state index in [1.807, 2.05) is 6.92 Å². The predicted molar refractivity (Wildman–Crippen MR) is 77.1 cm³/mol. The number of anilines is 3. The molecular formula is C14H14FN3O2. The number of benzene rings is 2. The van der Waals surface area contributed by atoms with Gasteiger partial charge in [0.05, 0.1) is 10.6 Å². The van der Waals surface area contributed by atoms with Gasteiger partial charge in [-0.1, -0.05) is 12.1 Å². The summed E-state index contributed by atoms with van der Waals surface area (Å²) in [5.41, 5.74) is 1.57. The number of aryl methyl sites for hydroxylation is 1. The highest BCUT2D eigenvalue weighted by Crippen LogP contribution is 2.35. The van der Waals surface area contributed by atoms with Crippen LogP contribution in [0.1, 0.15) is 5.56 Å². The van der Waals surface area contributed by atoms with Crippen LogP contribution in [0.15, 0.2) is 36.4 Å². The van der Waals surface area contributed by atoms with Crippen LogP contribution in [-0.4, -0.2) is 12.0 Å². The molecule has 0 fully saturated rings. The normalized spacial score (nSPS) is 10.2. The van der Waals surface area contributed by atoms with Gasteiger partial charge in [0.2, 0.25) is 0 Å². The third-order valence-electron chi connectivity index (χ3n) is 2.88. The second kappa shape index (κ2) is 5.56. The quantitative estimate of drug-likeness (QED) is 0.657. The summed E-state index contributed by atoms with van der Waals surface area (Å²) in [6.07, 6.45) is 0. The number of hydrogen-bond acceptors (Lipinski definition) is 4. The first-order valence-corrected chi connectivity index (χ1v) is 6.01. The molecule has 2 aromatic carbocycles. The van der Waals surface area contributed by atoms with Crippen molar-refractivity contribution >= 4 is 22.7 Å². The van der Waals surface area contributed by atoms with Crippen molar-refractivity contribution in [3.63, 3.8) is 0 Å². The van der Waals surface area contributed by atoms with Crippen LogP contribution in [-0.2, 0) is 0 Å². The molecule has 0 saturated carbocycles. The fourth-order valence-electron chi connectivity index (χ4n) is 1.92. The van der Waals surface area contributed by atoms with Gasteiger partial charge in [-0.2, -0.15) is 0 Å². The molecule has 6 heteroatoms. The number of para-hydroxylation sites is 1. The zero-order valence-corrected chi connectivity index (χ0v) is 11.1. The molecule has 20 heavy (non-hydrogen) atoms. The Balaban J connectivity index is 2.48. The Bertz CT molecular complexity index is 659. The number of nitro groups is 1. The second-order valence-corrected chi connectivity index (χ2v) is 4.32. The molecule has 0 saturated heterocycles. The van der Waals surface area contributed by atoms with E-state index >= 15 is 0 Å². The van der Waals surface area contributed by atoms with E-state index in [4.69, 9.17) is 0 Å². The molecule has 0 bridgehead atoms. The third kappa shape index (κ3) is 2.69. The lowest BCUT2D eigenvalue weighted by Crippen LogP contribution is -2.02. The van der Waals surface area contributed by atoms with Crippen LogP contribution in [0, 0.1) is 22.9 Å². The first kappa shape index (κ1) is 13.8. The Kier molecular flexibility index (Phi) is 3.84. The topological polar surface area (TPSA) is 67.2 Å². The average molecular weight is 275 g/mol. The first-order chi connectivity index (χ1) is 9.52. The van der Waals surface area contributed by atoms with E-state index in [0.717, 1.165) is 5.56 Å². The van der Waals surface area contributed by atoms with E-state index in [0.29, 0.717) is 5.69 Å². The summed E-state index contributed by atoms with van der Waals surface area (Å²) in [5.74, 6) is -0.459. The zero-order chi connectivity index (χ0) is 14.7. The maximum atomic E-state index is 13.7. The molecule has 0 aliphatic rings. The van der Waals surface area contributed by atoms with Gasteiger partial charge in [-0.25, -0.2) is 4.39 Å². The minimum absolute atomic E-state index is 0.115. The summed E-state index contributed by atoms with van der Waals surface area (Å²) in [6.45, 7) is 1.82. The van der Waals surface area contributed by atoms with E-state index in [1.54, 1.807) is 37.4 Å². The van der Waals surface area contributed by atoms with Gasteiger partial charge in [0.1, 0.15) is 17.2 Å². The Morgan fingerprint density at radius 2 is 1.85 bits per heavy atom. The molecule has 2 N–H and O–H groups in total. The number of halogens is 1. The van der Waals surface area contributed by atoms with Crippen molar-refractivity contribution in [3.05, 3.63) is 57.9 Å². The number of nitro benzene ring substituents is 1. The van der Waals surface area contributed by atoms with E-state index in [9.17, 15) is 14.5 Å². The fraction of sp³-hybridized carbons (Fsp3) is 0.143. The minimum atomic E-state index is -0.498. The highest BCUT2D eigenvalue weighted by molar-refractivity contribution is 5.79. The van der Waals surface area contributed by atoms with E-state index < -0.39 is 10.7 Å². The molecule has 0 atom stereocenters. The van der Waals surface area contributed by atoms with Crippen LogP contribution >= 0.6 is 0 Å². The van der Waals surface area contributed by atoms with Crippen molar-refractivity contribution in [2.45, 2.75) is 6.92 Å². The lowest BCUT2D eigenvalue weighted by Gasteiger charge is -2.11. The van der Waals surface area contributed by atoms with Crippen LogP contribution in [0.2, 0.25) is 0 Å². The molecule has 0 heterocycles. The van der Waals surface area contributed by atoms with Gasteiger partial charge in [-0.05, 0) is 36.8 Å². The molecule has 0 radical (unpaired) electrons. The molecule has 2 aromatic rings. The number of nitrogens with zero attached hydrogens (tertiary/aromatic N) is 1. The van der Waals surface area contributed by atoms with Crippen LogP contribution in [0.3, 0.4) is 0 Å². The van der Waals surface area contributed by atoms with Gasteiger partial charge in [-0.15, -0.1) is 0 Å². The van der Waals surface area contributed by atoms with Gasteiger partial charge in [0, 0.05) is 7.05 Å². The number of nitrogens with one attached hydrogen (secondary N) is 2. The summed E-state index contributed by atoms with van der Waals surface area (Å²) < 4.78 is 13.7. The summed E-state index contributed by atoms with van der Waals surface area (Å²) >= 11 is 0. The summed E-state index contributed by atoms with van der Waals surface area (Å²) in [4.78, 5) is 10.7. The summed E-state index contributed by atoms with van der Waals surface area (Å²) in [6, 6.07) is 9.36. The smallest absolute Gasteiger partial charge is 0.315 e. The largest absolute Gasteiger partial charge is 0.382 e. The Morgan fingerprint density at radius 3 is 2.50 bits per heavy atom. The predicted octanol–water partition coefficient (Wildman–Crippen LogP) is 3.83. The molecule has 0 aliphatic heterocycles. The number of hydrogen-bond donors (Lipinski definition) is 2. The van der Waals surface area contributed by atoms with E-state index in [2.05, 4.69) is 10.6 Å². The minimum Gasteiger partial charge on any atom is -0.382 e. The van der Waals surface area contributed by atoms with Crippen molar-refractivity contribution in [2.75, 3.05) is 17.7 Å². The van der Waals surface area contributed by atoms with E-state index in [-0.39, 0.29) is 17.1 Å². The van der Waals surface area contributed by atoms with Crippen LogP contribution in [0.4, 0.5) is 27.1 Å². The van der Waals surface area contributed by atoms with Gasteiger partial charge in [0.15, 0.2) is 0 Å².